The minimum Gasteiger partial charge on any atom is -0.507 e. The average molecular weight is 1220 g/mol. The van der Waals surface area contributed by atoms with Crippen LogP contribution in [0.2, 0.25) is 0 Å². The lowest BCUT2D eigenvalue weighted by atomic mass is 9.48. The lowest BCUT2D eigenvalue weighted by molar-refractivity contribution is -0.386. The summed E-state index contributed by atoms with van der Waals surface area (Å²) in [6.07, 6.45) is 1.61. The van der Waals surface area contributed by atoms with Crippen LogP contribution in [0.25, 0.3) is 12.2 Å². The Morgan fingerprint density at radius 1 is 0.933 bits per heavy atom. The molecule has 3 saturated carbocycles. The number of fused-ring (bicyclic) bond motifs is 6. The minimum atomic E-state index is -3.13. The van der Waals surface area contributed by atoms with Gasteiger partial charge in [0.2, 0.25) is 12.1 Å². The van der Waals surface area contributed by atoms with Gasteiger partial charge < -0.3 is 82.0 Å². The molecule has 1 saturated heterocycles. The maximum Gasteiger partial charge on any atom is 0.308 e. The molecule has 11 rings (SSSR count). The van der Waals surface area contributed by atoms with Crippen LogP contribution < -0.4 is 32.0 Å². The van der Waals surface area contributed by atoms with E-state index < -0.39 is 115 Å². The van der Waals surface area contributed by atoms with E-state index in [-0.39, 0.29) is 124 Å². The number of nitrogens with one attached hydrogen (secondary N) is 1. The highest BCUT2D eigenvalue weighted by molar-refractivity contribution is 6.32. The Balaban J connectivity index is 1.19. The molecular formula is C68H79N5O16. The average Bonchev–Trinajstić information content (AvgIpc) is 1.31. The number of phenolic OH excluding ortho intramolecular Hbond substituents is 1. The first-order valence-electron chi connectivity index (χ1n) is 30.9. The fourth-order valence-corrected chi connectivity index (χ4v) is 16.0. The quantitative estimate of drug-likeness (QED) is 0.00976. The maximum atomic E-state index is 16.3. The highest BCUT2D eigenvalue weighted by atomic mass is 16.7. The second-order valence-electron chi connectivity index (χ2n) is 25.4. The topological polar surface area (TPSA) is 366 Å². The first-order chi connectivity index (χ1) is 42.7. The summed E-state index contributed by atoms with van der Waals surface area (Å²) < 4.78 is 25.7. The first-order valence-corrected chi connectivity index (χ1v) is 30.9. The van der Waals surface area contributed by atoms with Gasteiger partial charge in [-0.3, -0.25) is 24.2 Å². The molecule has 1 aliphatic heterocycles. The first kappa shape index (κ1) is 63.4. The number of benzene rings is 4. The van der Waals surface area contributed by atoms with Crippen LogP contribution in [0.15, 0.2) is 47.5 Å². The van der Waals surface area contributed by atoms with Crippen LogP contribution in [0.3, 0.4) is 0 Å². The van der Waals surface area contributed by atoms with Crippen molar-refractivity contribution in [3.8, 4) is 29.1 Å². The van der Waals surface area contributed by atoms with Crippen molar-refractivity contribution in [1.29, 1.82) is 0 Å². The number of hydrogen-bond acceptors (Lipinski definition) is 19. The number of aliphatic hydroxyl groups is 6. The number of ketones is 2. The van der Waals surface area contributed by atoms with E-state index in [1.807, 2.05) is 25.2 Å². The van der Waals surface area contributed by atoms with Crippen LogP contribution in [0.4, 0.5) is 0 Å². The third-order valence-corrected chi connectivity index (χ3v) is 19.8. The Labute approximate surface area is 515 Å². The van der Waals surface area contributed by atoms with Gasteiger partial charge in [-0.05, 0) is 152 Å². The Bertz CT molecular complexity index is 3580. The Hall–Kier alpha value is -7.20. The molecular weight excluding hydrogens is 1140 g/mol. The summed E-state index contributed by atoms with van der Waals surface area (Å²) in [5, 5.41) is 88.9. The summed E-state index contributed by atoms with van der Waals surface area (Å²) >= 11 is 0. The van der Waals surface area contributed by atoms with Crippen LogP contribution in [0.5, 0.6) is 17.2 Å². The summed E-state index contributed by atoms with van der Waals surface area (Å²) in [4.78, 5) is 75.8. The van der Waals surface area contributed by atoms with Gasteiger partial charge in [-0.15, -0.1) is 0 Å². The van der Waals surface area contributed by atoms with E-state index >= 15 is 9.59 Å². The molecule has 89 heavy (non-hydrogen) atoms. The number of phenols is 1. The van der Waals surface area contributed by atoms with E-state index in [2.05, 4.69) is 22.2 Å². The zero-order chi connectivity index (χ0) is 63.2. The number of nitrogens with zero attached hydrogens (tertiary/aromatic N) is 1. The number of nitrogens with two attached hydrogens (primary N) is 3. The van der Waals surface area contributed by atoms with Gasteiger partial charge in [0.1, 0.15) is 29.6 Å². The Kier molecular flexibility index (Phi) is 18.5. The fourth-order valence-electron chi connectivity index (χ4n) is 16.0. The van der Waals surface area contributed by atoms with Gasteiger partial charge in [-0.2, -0.15) is 0 Å². The van der Waals surface area contributed by atoms with E-state index in [4.69, 9.17) is 36.1 Å². The van der Waals surface area contributed by atoms with Crippen LogP contribution in [-0.4, -0.2) is 141 Å². The highest BCUT2D eigenvalue weighted by Crippen LogP contribution is 2.63. The third kappa shape index (κ3) is 12.0. The number of guanidine groups is 1. The number of aldehydes is 2. The second kappa shape index (κ2) is 26.0. The zero-order valence-electron chi connectivity index (χ0n) is 50.0. The van der Waals surface area contributed by atoms with E-state index in [9.17, 15) is 50.1 Å². The summed E-state index contributed by atoms with van der Waals surface area (Å²) in [5.74, 6) is -2.32. The maximum absolute atomic E-state index is 16.3. The lowest BCUT2D eigenvalue weighted by Gasteiger charge is -2.58. The smallest absolute Gasteiger partial charge is 0.308 e. The summed E-state index contributed by atoms with van der Waals surface area (Å²) in [5.41, 5.74) is 17.1. The molecule has 21 nitrogen and oxygen atoms in total. The summed E-state index contributed by atoms with van der Waals surface area (Å²) in [7, 11) is 1.84. The van der Waals surface area contributed by atoms with Gasteiger partial charge in [0, 0.05) is 65.1 Å². The molecule has 0 spiro atoms. The predicted octanol–water partition coefficient (Wildman–Crippen LogP) is 3.87. The lowest BCUT2D eigenvalue weighted by Crippen LogP contribution is -2.69. The third-order valence-electron chi connectivity index (χ3n) is 19.8. The Morgan fingerprint density at radius 2 is 1.71 bits per heavy atom. The number of ether oxygens (including phenoxy) is 4. The summed E-state index contributed by atoms with van der Waals surface area (Å²) in [6.45, 7) is 0.280. The standard InChI is InChI=1S/C68H79N5O16/c1-34(77)87-52-28-42(32-75)53-54-46(52)17-13-35-7-5-8-36(23-35)25-44(78)16-15-43(69)11-6-12-47-55(60(54)81)56(59(53)80)58(79)49(62(47)89-65-64(86-22-20-73-66(70)71)68(84,85)63(82)61(88-65)38-9-3-4-10-38)27-39-14-18-45-48-29-51-41(26-40(48)19-21-74)24-37(31-72-2)30-67(51,83)57(45)50(39)33-76/h5,7-8,13-14,17-18,21,23,28,33,37-38,40-41,43-44,48,51,61,63-65,72,75,78-79,82-85H,3-4,9-10,12,15-16,19-20,22,24-27,29-32,69H2,1-2H3,(H4,70,71,73)/b17-13+/t37-,40-,41+,43+,44-,48+,51-,61+,63-,64+,65-,67-/m1/s1. The second-order valence-corrected chi connectivity index (χ2v) is 25.4. The van der Waals surface area contributed by atoms with E-state index in [1.54, 1.807) is 24.3 Å². The highest BCUT2D eigenvalue weighted by Gasteiger charge is 2.60. The van der Waals surface area contributed by atoms with Gasteiger partial charge in [-0.1, -0.05) is 67.2 Å². The van der Waals surface area contributed by atoms with Crippen molar-refractivity contribution >= 4 is 48.2 Å². The number of aliphatic imine (C=N–C) groups is 1. The molecule has 7 aliphatic rings. The van der Waals surface area contributed by atoms with Gasteiger partial charge in [0.05, 0.1) is 49.2 Å². The van der Waals surface area contributed by atoms with Gasteiger partial charge >= 0.3 is 5.97 Å². The molecule has 4 aromatic rings. The van der Waals surface area contributed by atoms with Crippen molar-refractivity contribution in [2.24, 2.45) is 51.8 Å². The fraction of sp³-hybridized carbons (Fsp3) is 0.500. The normalized spacial score (nSPS) is 28.9. The van der Waals surface area contributed by atoms with Gasteiger partial charge in [0.25, 0.3) is 0 Å². The predicted molar refractivity (Wildman–Crippen MR) is 326 cm³/mol. The number of hydrogen-bond donors (Lipinski definition) is 11. The number of carbonyl (C=O) groups is 5. The van der Waals surface area contributed by atoms with Crippen LogP contribution in [0, 0.1) is 41.4 Å². The van der Waals surface area contributed by atoms with Gasteiger partial charge in [-0.25, -0.2) is 0 Å². The molecule has 21 heteroatoms. The minimum absolute atomic E-state index is 0.0125. The number of aromatic hydroxyl groups is 1. The monoisotopic (exact) mass is 1220 g/mol. The number of carbonyl (C=O) groups excluding carboxylic acids is 5. The molecule has 0 amide bonds. The van der Waals surface area contributed by atoms with Crippen LogP contribution in [-0.2, 0) is 50.5 Å². The largest absolute Gasteiger partial charge is 0.507 e. The zero-order valence-corrected chi connectivity index (χ0v) is 50.0. The van der Waals surface area contributed by atoms with Crippen LogP contribution >= 0.6 is 0 Å². The SMILES string of the molecule is CNC[C@@H]1C[C@H]2C[C@@H](CC=O)[C@@H]3C[C@H]2[C@](O)(C1)c1c3ccc(Cc2c(O)c3c4c(c2O[C@H]2O[C@@H](C5CCCC5)[C@@H](O)C(O)(O)[C@H]2OCCN=C(N)N)CC#C[C@H](N)CC[C@@H](O)Cc2cccc(c2)/C=C/c2c(OC(C)=O)cc(CO)c(c2C4=O)C3=O)c1C=O. The van der Waals surface area contributed by atoms with E-state index in [0.29, 0.717) is 56.1 Å². The van der Waals surface area contributed by atoms with Crippen molar-refractivity contribution in [2.45, 2.75) is 157 Å². The number of rotatable bonds is 16. The Morgan fingerprint density at radius 3 is 2.43 bits per heavy atom. The molecule has 0 aromatic heterocycles. The summed E-state index contributed by atoms with van der Waals surface area (Å²) in [6, 6.07) is 11.2. The molecule has 14 N–H and O–H groups in total. The van der Waals surface area contributed by atoms with Crippen molar-refractivity contribution in [2.75, 3.05) is 26.7 Å². The van der Waals surface area contributed by atoms with Crippen LogP contribution in [0.1, 0.15) is 176 Å². The molecule has 0 unspecified atom stereocenters. The number of aliphatic hydroxyl groups excluding tert-OH is 3. The molecule has 472 valence electrons. The van der Waals surface area contributed by atoms with E-state index in [0.717, 1.165) is 43.6 Å². The molecule has 6 bridgehead atoms. The molecule has 4 aromatic carbocycles. The van der Waals surface area contributed by atoms with Crippen molar-refractivity contribution in [3.05, 3.63) is 120 Å². The molecule has 0 radical (unpaired) electrons. The molecule has 12 atom stereocenters. The van der Waals surface area contributed by atoms with Crippen molar-refractivity contribution < 1.29 is 78.7 Å². The van der Waals surface area contributed by atoms with Crippen molar-refractivity contribution in [1.82, 2.24) is 5.32 Å². The molecule has 6 aliphatic carbocycles. The molecule has 4 fully saturated rings. The number of esters is 1. The van der Waals surface area contributed by atoms with Crippen molar-refractivity contribution in [3.63, 3.8) is 0 Å². The van der Waals surface area contributed by atoms with E-state index in [1.165, 1.54) is 12.1 Å². The van der Waals surface area contributed by atoms with Gasteiger partial charge in [0.15, 0.2) is 29.9 Å². The molecule has 1 heterocycles.